The maximum Gasteiger partial charge on any atom is 0.131 e. The first-order valence-electron chi connectivity index (χ1n) is 11.7. The van der Waals surface area contributed by atoms with Gasteiger partial charge in [0, 0.05) is 10.8 Å². The lowest BCUT2D eigenvalue weighted by atomic mass is 9.51. The molecule has 4 heteroatoms. The molecule has 2 fully saturated rings. The fourth-order valence-electron chi connectivity index (χ4n) is 7.39. The molecule has 0 radical (unpaired) electrons. The first kappa shape index (κ1) is 20.0. The largest absolute Gasteiger partial charge is 0.377 e. The topological polar surface area (TPSA) is 38.1 Å². The van der Waals surface area contributed by atoms with E-state index in [4.69, 9.17) is 6.42 Å². The van der Waals surface area contributed by atoms with Crippen LogP contribution in [0.15, 0.2) is 47.7 Å². The summed E-state index contributed by atoms with van der Waals surface area (Å²) in [4.78, 5) is 0. The summed E-state index contributed by atoms with van der Waals surface area (Å²) in [5.41, 5.74) is 5.00. The second-order valence-corrected chi connectivity index (χ2v) is 10.7. The van der Waals surface area contributed by atoms with E-state index in [0.717, 1.165) is 43.5 Å². The highest BCUT2D eigenvalue weighted by Gasteiger charge is 2.61. The number of fused-ring (bicyclic) bond motifs is 6. The number of hydrogen-bond acceptors (Lipinski definition) is 2. The van der Waals surface area contributed by atoms with Crippen molar-refractivity contribution in [2.45, 2.75) is 58.0 Å². The van der Waals surface area contributed by atoms with Gasteiger partial charge in [0.25, 0.3) is 0 Å². The standard InChI is InChI=1S/C28H29FN2O/c1-4-28(32)14-12-24-22-10-5-19-15-25-18(16-26(19,2)23(22)11-13-27(24,28)3)17-30-31(25)21-8-6-20(29)7-9-21/h1,6-9,11,15,17,22,24,32H,5,10,12-14,16H2,2-3H3/t22-,24?,26+,27+,28+/m1/s1. The highest BCUT2D eigenvalue weighted by Crippen LogP contribution is 2.65. The van der Waals surface area contributed by atoms with Crippen molar-refractivity contribution in [2.75, 3.05) is 0 Å². The van der Waals surface area contributed by atoms with Gasteiger partial charge >= 0.3 is 0 Å². The molecular weight excluding hydrogens is 399 g/mol. The van der Waals surface area contributed by atoms with E-state index in [2.05, 4.69) is 37.0 Å². The van der Waals surface area contributed by atoms with Crippen LogP contribution >= 0.6 is 0 Å². The Labute approximate surface area is 189 Å². The van der Waals surface area contributed by atoms with E-state index in [9.17, 15) is 9.50 Å². The molecule has 1 aromatic heterocycles. The third-order valence-corrected chi connectivity index (χ3v) is 9.33. The Morgan fingerprint density at radius 3 is 2.75 bits per heavy atom. The normalized spacial score (nSPS) is 37.3. The SMILES string of the molecule is C#C[C@]1(O)CCC2[C@@H]3CCC4=Cc5c(cnn5-c5ccc(F)cc5)C[C@]4(C)C3=CC[C@@]21C. The van der Waals surface area contributed by atoms with Crippen molar-refractivity contribution in [1.82, 2.24) is 9.78 Å². The molecule has 2 saturated carbocycles. The zero-order valence-electron chi connectivity index (χ0n) is 18.7. The Morgan fingerprint density at radius 2 is 2.00 bits per heavy atom. The number of aromatic nitrogens is 2. The fourth-order valence-corrected chi connectivity index (χ4v) is 7.39. The molecule has 1 unspecified atom stereocenters. The van der Waals surface area contributed by atoms with Crippen LogP contribution in [0.4, 0.5) is 4.39 Å². The van der Waals surface area contributed by atoms with E-state index in [0.29, 0.717) is 18.3 Å². The smallest absolute Gasteiger partial charge is 0.131 e. The van der Waals surface area contributed by atoms with Gasteiger partial charge in [-0.3, -0.25) is 0 Å². The van der Waals surface area contributed by atoms with Gasteiger partial charge in [0.1, 0.15) is 11.4 Å². The van der Waals surface area contributed by atoms with E-state index in [1.807, 2.05) is 10.9 Å². The summed E-state index contributed by atoms with van der Waals surface area (Å²) in [5.74, 6) is 3.43. The van der Waals surface area contributed by atoms with Crippen LogP contribution in [0.2, 0.25) is 0 Å². The Kier molecular flexibility index (Phi) is 4.03. The maximum absolute atomic E-state index is 13.4. The number of rotatable bonds is 1. The molecule has 6 rings (SSSR count). The molecule has 0 saturated heterocycles. The summed E-state index contributed by atoms with van der Waals surface area (Å²) in [6, 6.07) is 6.53. The maximum atomic E-state index is 13.4. The monoisotopic (exact) mass is 428 g/mol. The Morgan fingerprint density at radius 1 is 1.22 bits per heavy atom. The van der Waals surface area contributed by atoms with Crippen molar-refractivity contribution in [3.63, 3.8) is 0 Å². The van der Waals surface area contributed by atoms with Crippen molar-refractivity contribution < 1.29 is 9.50 Å². The van der Waals surface area contributed by atoms with Crippen LogP contribution in [0.5, 0.6) is 0 Å². The molecule has 0 bridgehead atoms. The highest BCUT2D eigenvalue weighted by molar-refractivity contribution is 5.64. The fraction of sp³-hybridized carbons (Fsp3) is 0.464. The molecule has 164 valence electrons. The van der Waals surface area contributed by atoms with Crippen molar-refractivity contribution in [1.29, 1.82) is 0 Å². The first-order chi connectivity index (χ1) is 15.3. The lowest BCUT2D eigenvalue weighted by Gasteiger charge is -2.54. The van der Waals surface area contributed by atoms with Gasteiger partial charge in [-0.25, -0.2) is 9.07 Å². The molecule has 1 heterocycles. The summed E-state index contributed by atoms with van der Waals surface area (Å²) >= 11 is 0. The van der Waals surface area contributed by atoms with Gasteiger partial charge in [0.15, 0.2) is 0 Å². The van der Waals surface area contributed by atoms with Crippen LogP contribution < -0.4 is 0 Å². The van der Waals surface area contributed by atoms with Crippen molar-refractivity contribution >= 4 is 6.08 Å². The molecule has 0 amide bonds. The van der Waals surface area contributed by atoms with E-state index in [1.54, 1.807) is 17.7 Å². The van der Waals surface area contributed by atoms with E-state index < -0.39 is 5.60 Å². The minimum absolute atomic E-state index is 0.00917. The quantitative estimate of drug-likeness (QED) is 0.483. The van der Waals surface area contributed by atoms with Gasteiger partial charge in [-0.2, -0.15) is 5.10 Å². The van der Waals surface area contributed by atoms with Crippen LogP contribution in [0.1, 0.15) is 57.2 Å². The second-order valence-electron chi connectivity index (χ2n) is 10.7. The number of hydrogen-bond donors (Lipinski definition) is 1. The summed E-state index contributed by atoms with van der Waals surface area (Å²) in [7, 11) is 0. The molecule has 1 aromatic carbocycles. The summed E-state index contributed by atoms with van der Waals surface area (Å²) < 4.78 is 15.3. The number of allylic oxidation sites excluding steroid dienone is 3. The minimum atomic E-state index is -0.993. The zero-order valence-corrected chi connectivity index (χ0v) is 18.7. The van der Waals surface area contributed by atoms with Crippen molar-refractivity contribution in [3.05, 3.63) is 64.8 Å². The van der Waals surface area contributed by atoms with Gasteiger partial charge in [-0.1, -0.05) is 37.0 Å². The molecular formula is C28H29FN2O. The third-order valence-electron chi connectivity index (χ3n) is 9.33. The average Bonchev–Trinajstić information content (AvgIpc) is 3.30. The van der Waals surface area contributed by atoms with Gasteiger partial charge in [0.05, 0.1) is 17.6 Å². The predicted octanol–water partition coefficient (Wildman–Crippen LogP) is 5.48. The van der Waals surface area contributed by atoms with E-state index in [1.165, 1.54) is 23.3 Å². The van der Waals surface area contributed by atoms with E-state index in [-0.39, 0.29) is 16.6 Å². The molecule has 3 nitrogen and oxygen atoms in total. The molecule has 32 heavy (non-hydrogen) atoms. The molecule has 2 aromatic rings. The summed E-state index contributed by atoms with van der Waals surface area (Å²) in [6.07, 6.45) is 18.2. The molecule has 4 aliphatic carbocycles. The Bertz CT molecular complexity index is 1220. The van der Waals surface area contributed by atoms with Gasteiger partial charge in [-0.05, 0) is 86.3 Å². The van der Waals surface area contributed by atoms with Crippen LogP contribution in [0.25, 0.3) is 11.8 Å². The first-order valence-corrected chi connectivity index (χ1v) is 11.7. The number of benzene rings is 1. The minimum Gasteiger partial charge on any atom is -0.377 e. The number of aliphatic hydroxyl groups is 1. The van der Waals surface area contributed by atoms with Crippen LogP contribution in [0, 0.1) is 40.8 Å². The Hall–Kier alpha value is -2.64. The highest BCUT2D eigenvalue weighted by atomic mass is 19.1. The second kappa shape index (κ2) is 6.45. The zero-order chi connectivity index (χ0) is 22.3. The third kappa shape index (κ3) is 2.43. The summed E-state index contributed by atoms with van der Waals surface area (Å²) in [5, 5.41) is 15.8. The molecule has 0 spiro atoms. The molecule has 1 N–H and O–H groups in total. The van der Waals surface area contributed by atoms with Crippen LogP contribution in [-0.2, 0) is 6.42 Å². The number of terminal acetylenes is 1. The molecule has 4 aliphatic rings. The predicted molar refractivity (Wildman–Crippen MR) is 123 cm³/mol. The lowest BCUT2D eigenvalue weighted by Crippen LogP contribution is -2.50. The van der Waals surface area contributed by atoms with Gasteiger partial charge in [0.2, 0.25) is 0 Å². The van der Waals surface area contributed by atoms with Gasteiger partial charge in [-0.15, -0.1) is 6.42 Å². The number of nitrogens with zero attached hydrogens (tertiary/aromatic N) is 2. The Balaban J connectivity index is 1.40. The molecule has 0 aliphatic heterocycles. The van der Waals surface area contributed by atoms with Crippen molar-refractivity contribution in [3.8, 4) is 18.0 Å². The van der Waals surface area contributed by atoms with Crippen LogP contribution in [-0.4, -0.2) is 20.5 Å². The average molecular weight is 429 g/mol. The van der Waals surface area contributed by atoms with Crippen molar-refractivity contribution in [2.24, 2.45) is 22.7 Å². The van der Waals surface area contributed by atoms with Crippen LogP contribution in [0.3, 0.4) is 0 Å². The lowest BCUT2D eigenvalue weighted by molar-refractivity contribution is -0.0370. The molecule has 5 atom stereocenters. The summed E-state index contributed by atoms with van der Waals surface area (Å²) in [6.45, 7) is 4.59. The number of halogens is 1. The van der Waals surface area contributed by atoms with Gasteiger partial charge < -0.3 is 5.11 Å². The van der Waals surface area contributed by atoms with E-state index >= 15 is 0 Å².